The molecule has 36 heavy (non-hydrogen) atoms. The fourth-order valence-corrected chi connectivity index (χ4v) is 4.53. The van der Waals surface area contributed by atoms with E-state index in [1.54, 1.807) is 39.7 Å². The lowest BCUT2D eigenvalue weighted by molar-refractivity contribution is -0.159. The van der Waals surface area contributed by atoms with Crippen LogP contribution in [-0.4, -0.2) is 65.4 Å². The van der Waals surface area contributed by atoms with Gasteiger partial charge in [0.2, 0.25) is 5.91 Å². The Morgan fingerprint density at radius 1 is 1.00 bits per heavy atom. The van der Waals surface area contributed by atoms with E-state index in [9.17, 15) is 14.4 Å². The Hall–Kier alpha value is -2.61. The van der Waals surface area contributed by atoms with Crippen LogP contribution in [0.15, 0.2) is 30.3 Å². The van der Waals surface area contributed by atoms with E-state index in [-0.39, 0.29) is 18.0 Å². The second kappa shape index (κ2) is 12.1. The molecule has 0 bridgehead atoms. The molecule has 5 atom stereocenters. The third-order valence-electron chi connectivity index (χ3n) is 6.16. The van der Waals surface area contributed by atoms with Crippen LogP contribution in [0.2, 0.25) is 0 Å². The average molecular weight is 505 g/mol. The van der Waals surface area contributed by atoms with Crippen LogP contribution in [0, 0.1) is 5.92 Å². The lowest BCUT2D eigenvalue weighted by Crippen LogP contribution is -2.54. The van der Waals surface area contributed by atoms with Gasteiger partial charge in [-0.25, -0.2) is 9.59 Å². The third kappa shape index (κ3) is 8.50. The summed E-state index contributed by atoms with van der Waals surface area (Å²) in [6.45, 7) is 14.6. The van der Waals surface area contributed by atoms with Crippen molar-refractivity contribution in [2.75, 3.05) is 7.11 Å². The number of carbonyl (C=O) groups excluding carboxylic acids is 3. The zero-order valence-corrected chi connectivity index (χ0v) is 23.3. The molecule has 0 saturated carbocycles. The third-order valence-corrected chi connectivity index (χ3v) is 6.16. The molecule has 8 heteroatoms. The predicted molar refractivity (Wildman–Crippen MR) is 138 cm³/mol. The van der Waals surface area contributed by atoms with Gasteiger partial charge in [-0.15, -0.1) is 0 Å². The Morgan fingerprint density at radius 3 is 2.11 bits per heavy atom. The number of benzene rings is 1. The van der Waals surface area contributed by atoms with Crippen molar-refractivity contribution in [1.29, 1.82) is 0 Å². The van der Waals surface area contributed by atoms with Crippen LogP contribution in [0.1, 0.15) is 73.8 Å². The fraction of sp³-hybridized carbons (Fsp3) is 0.679. The second-order valence-corrected chi connectivity index (χ2v) is 11.7. The molecule has 0 spiro atoms. The summed E-state index contributed by atoms with van der Waals surface area (Å²) in [5, 5.41) is 2.89. The SMILES string of the molecule is CO[C@H]([C@@H](C)C(=O)N[C@@H](Cc1ccccc1)C(=O)OC(C)(C)C)[C@@H]1CC[C@H](C)N1C(=O)OC(C)(C)C. The Morgan fingerprint density at radius 2 is 1.58 bits per heavy atom. The first-order valence-electron chi connectivity index (χ1n) is 12.7. The quantitative estimate of drug-likeness (QED) is 0.524. The van der Waals surface area contributed by atoms with Crippen molar-refractivity contribution < 1.29 is 28.6 Å². The van der Waals surface area contributed by atoms with E-state index >= 15 is 0 Å². The summed E-state index contributed by atoms with van der Waals surface area (Å²) in [6.07, 6.45) is 0.792. The minimum absolute atomic E-state index is 0.0367. The summed E-state index contributed by atoms with van der Waals surface area (Å²) in [6, 6.07) is 8.27. The van der Waals surface area contributed by atoms with Gasteiger partial charge in [0.15, 0.2) is 0 Å². The highest BCUT2D eigenvalue weighted by Gasteiger charge is 2.44. The summed E-state index contributed by atoms with van der Waals surface area (Å²) in [5.41, 5.74) is -0.413. The predicted octanol–water partition coefficient (Wildman–Crippen LogP) is 4.49. The van der Waals surface area contributed by atoms with Crippen LogP contribution in [-0.2, 0) is 30.2 Å². The monoisotopic (exact) mass is 504 g/mol. The number of hydrogen-bond donors (Lipinski definition) is 1. The maximum absolute atomic E-state index is 13.4. The maximum Gasteiger partial charge on any atom is 0.410 e. The molecule has 1 heterocycles. The number of rotatable bonds is 8. The average Bonchev–Trinajstić information content (AvgIpc) is 3.13. The van der Waals surface area contributed by atoms with Crippen LogP contribution in [0.3, 0.4) is 0 Å². The summed E-state index contributed by atoms with van der Waals surface area (Å²) >= 11 is 0. The standard InChI is InChI=1S/C28H44N2O6/c1-18-15-16-22(30(18)26(33)36-28(6,7)8)23(34-9)19(2)24(31)29-21(25(32)35-27(3,4)5)17-20-13-11-10-12-14-20/h10-14,18-19,21-23H,15-17H2,1-9H3,(H,29,31)/t18-,19+,21-,22-,23+/m0/s1. The molecule has 1 saturated heterocycles. The van der Waals surface area contributed by atoms with Gasteiger partial charge in [-0.1, -0.05) is 37.3 Å². The van der Waals surface area contributed by atoms with Gasteiger partial charge in [0, 0.05) is 19.6 Å². The molecule has 2 rings (SSSR count). The van der Waals surface area contributed by atoms with Crippen molar-refractivity contribution in [3.8, 4) is 0 Å². The number of nitrogens with one attached hydrogen (secondary N) is 1. The lowest BCUT2D eigenvalue weighted by atomic mass is 9.94. The Labute approximate surface area is 216 Å². The summed E-state index contributed by atoms with van der Waals surface area (Å²) in [5.74, 6) is -1.46. The first-order chi connectivity index (χ1) is 16.6. The van der Waals surface area contributed by atoms with Gasteiger partial charge in [-0.3, -0.25) is 9.69 Å². The van der Waals surface area contributed by atoms with Crippen molar-refractivity contribution >= 4 is 18.0 Å². The van der Waals surface area contributed by atoms with E-state index < -0.39 is 41.3 Å². The number of esters is 1. The number of nitrogens with zero attached hydrogens (tertiary/aromatic N) is 1. The highest BCUT2D eigenvalue weighted by atomic mass is 16.6. The molecule has 0 radical (unpaired) electrons. The first-order valence-corrected chi connectivity index (χ1v) is 12.7. The Balaban J connectivity index is 2.21. The molecular formula is C28H44N2O6. The molecule has 8 nitrogen and oxygen atoms in total. The second-order valence-electron chi connectivity index (χ2n) is 11.7. The zero-order valence-electron chi connectivity index (χ0n) is 23.3. The number of ether oxygens (including phenoxy) is 3. The summed E-state index contributed by atoms with van der Waals surface area (Å²) in [4.78, 5) is 41.1. The van der Waals surface area contributed by atoms with Crippen molar-refractivity contribution in [1.82, 2.24) is 10.2 Å². The molecule has 0 unspecified atom stereocenters. The van der Waals surface area contributed by atoms with E-state index in [1.807, 2.05) is 58.0 Å². The van der Waals surface area contributed by atoms with Gasteiger partial charge < -0.3 is 19.5 Å². The molecule has 1 aromatic carbocycles. The van der Waals surface area contributed by atoms with E-state index in [0.29, 0.717) is 12.8 Å². The molecule has 0 aliphatic carbocycles. The van der Waals surface area contributed by atoms with Crippen molar-refractivity contribution in [3.63, 3.8) is 0 Å². The van der Waals surface area contributed by atoms with Gasteiger partial charge >= 0.3 is 12.1 Å². The molecule has 1 aliphatic heterocycles. The van der Waals surface area contributed by atoms with Crippen LogP contribution in [0.4, 0.5) is 4.79 Å². The smallest absolute Gasteiger partial charge is 0.410 e. The molecule has 0 aromatic heterocycles. The van der Waals surface area contributed by atoms with Crippen molar-refractivity contribution in [2.24, 2.45) is 5.92 Å². The van der Waals surface area contributed by atoms with Gasteiger partial charge in [0.1, 0.15) is 17.2 Å². The minimum Gasteiger partial charge on any atom is -0.458 e. The molecule has 1 aliphatic rings. The number of methoxy groups -OCH3 is 1. The highest BCUT2D eigenvalue weighted by Crippen LogP contribution is 2.32. The molecular weight excluding hydrogens is 460 g/mol. The van der Waals surface area contributed by atoms with E-state index in [0.717, 1.165) is 12.0 Å². The van der Waals surface area contributed by atoms with Crippen LogP contribution < -0.4 is 5.32 Å². The molecule has 1 aromatic rings. The normalized spacial score (nSPS) is 20.9. The minimum atomic E-state index is -0.858. The van der Waals surface area contributed by atoms with Gasteiger partial charge in [0.25, 0.3) is 0 Å². The summed E-state index contributed by atoms with van der Waals surface area (Å²) < 4.78 is 17.0. The van der Waals surface area contributed by atoms with Crippen molar-refractivity contribution in [2.45, 2.75) is 110 Å². The van der Waals surface area contributed by atoms with Crippen molar-refractivity contribution in [3.05, 3.63) is 35.9 Å². The van der Waals surface area contributed by atoms with Gasteiger partial charge in [-0.05, 0) is 66.9 Å². The Bertz CT molecular complexity index is 890. The molecule has 1 fully saturated rings. The maximum atomic E-state index is 13.4. The number of hydrogen-bond acceptors (Lipinski definition) is 6. The first kappa shape index (κ1) is 29.6. The molecule has 2 amide bonds. The van der Waals surface area contributed by atoms with Gasteiger partial charge in [0.05, 0.1) is 18.1 Å². The Kier molecular flexibility index (Phi) is 9.94. The number of carbonyl (C=O) groups is 3. The molecule has 1 N–H and O–H groups in total. The lowest BCUT2D eigenvalue weighted by Gasteiger charge is -2.36. The van der Waals surface area contributed by atoms with E-state index in [2.05, 4.69) is 5.32 Å². The highest BCUT2D eigenvalue weighted by molar-refractivity contribution is 5.86. The fourth-order valence-electron chi connectivity index (χ4n) is 4.53. The van der Waals surface area contributed by atoms with E-state index in [4.69, 9.17) is 14.2 Å². The molecule has 202 valence electrons. The van der Waals surface area contributed by atoms with Crippen LogP contribution >= 0.6 is 0 Å². The van der Waals surface area contributed by atoms with Gasteiger partial charge in [-0.2, -0.15) is 0 Å². The summed E-state index contributed by atoms with van der Waals surface area (Å²) in [7, 11) is 1.54. The number of likely N-dealkylation sites (tertiary alicyclic amines) is 1. The topological polar surface area (TPSA) is 94.2 Å². The number of amides is 2. The van der Waals surface area contributed by atoms with Crippen LogP contribution in [0.5, 0.6) is 0 Å². The zero-order chi connectivity index (χ0) is 27.3. The van der Waals surface area contributed by atoms with Crippen LogP contribution in [0.25, 0.3) is 0 Å². The van der Waals surface area contributed by atoms with E-state index in [1.165, 1.54) is 0 Å². The largest absolute Gasteiger partial charge is 0.458 e.